The van der Waals surface area contributed by atoms with Crippen molar-refractivity contribution in [2.24, 2.45) is 0 Å². The summed E-state index contributed by atoms with van der Waals surface area (Å²) in [6, 6.07) is 9.44. The van der Waals surface area contributed by atoms with Gasteiger partial charge in [0.15, 0.2) is 0 Å². The predicted octanol–water partition coefficient (Wildman–Crippen LogP) is 2.91. The number of carbonyl (C=O) groups is 2. The Labute approximate surface area is 186 Å². The number of anilines is 2. The van der Waals surface area contributed by atoms with Crippen LogP contribution in [-0.2, 0) is 26.0 Å². The number of nitrogens with one attached hydrogen (secondary N) is 1. The molecule has 0 spiro atoms. The van der Waals surface area contributed by atoms with Crippen molar-refractivity contribution in [3.8, 4) is 5.75 Å². The number of aryl methyl sites for hydroxylation is 1. The zero-order chi connectivity index (χ0) is 22.8. The van der Waals surface area contributed by atoms with Crippen molar-refractivity contribution in [3.05, 3.63) is 47.0 Å². The summed E-state index contributed by atoms with van der Waals surface area (Å²) in [6.07, 6.45) is 1.44. The molecular formula is C21H24ClN3O5S. The molecule has 3 rings (SSSR count). The van der Waals surface area contributed by atoms with Crippen molar-refractivity contribution in [1.29, 1.82) is 0 Å². The molecule has 0 unspecified atom stereocenters. The van der Waals surface area contributed by atoms with E-state index in [-0.39, 0.29) is 10.8 Å². The number of nitrogens with zero attached hydrogens (tertiary/aromatic N) is 2. The summed E-state index contributed by atoms with van der Waals surface area (Å²) in [4.78, 5) is 26.0. The van der Waals surface area contributed by atoms with Gasteiger partial charge in [0.1, 0.15) is 5.75 Å². The molecule has 2 aromatic carbocycles. The molecule has 1 heterocycles. The van der Waals surface area contributed by atoms with Crippen LogP contribution in [0.25, 0.3) is 0 Å². The third-order valence-corrected chi connectivity index (χ3v) is 7.09. The number of ether oxygens (including phenoxy) is 1. The lowest BCUT2D eigenvalue weighted by atomic mass is 10.0. The van der Waals surface area contributed by atoms with Gasteiger partial charge < -0.3 is 15.0 Å². The van der Waals surface area contributed by atoms with Gasteiger partial charge in [0, 0.05) is 31.2 Å². The minimum atomic E-state index is -3.91. The van der Waals surface area contributed by atoms with Crippen LogP contribution in [0.5, 0.6) is 5.75 Å². The molecule has 1 aliphatic rings. The highest BCUT2D eigenvalue weighted by atomic mass is 35.5. The van der Waals surface area contributed by atoms with Gasteiger partial charge in [-0.25, -0.2) is 8.42 Å². The van der Waals surface area contributed by atoms with Crippen LogP contribution in [-0.4, -0.2) is 51.8 Å². The largest absolute Gasteiger partial charge is 0.495 e. The van der Waals surface area contributed by atoms with E-state index in [4.69, 9.17) is 16.3 Å². The number of hydrogen-bond acceptors (Lipinski definition) is 5. The number of methoxy groups -OCH3 is 1. The molecule has 0 saturated heterocycles. The SMILES string of the molecule is COc1ccc(Cl)cc1NC(=O)CN(C)S(=O)(=O)c1ccc2c(c1)CCCN2C(C)=O. The monoisotopic (exact) mass is 465 g/mol. The molecule has 166 valence electrons. The van der Waals surface area contributed by atoms with Crippen LogP contribution in [0.4, 0.5) is 11.4 Å². The number of carbonyl (C=O) groups excluding carboxylic acids is 2. The van der Waals surface area contributed by atoms with Crippen LogP contribution in [0.2, 0.25) is 5.02 Å². The lowest BCUT2D eigenvalue weighted by Gasteiger charge is -2.29. The van der Waals surface area contributed by atoms with Gasteiger partial charge in [0.25, 0.3) is 0 Å². The average molecular weight is 466 g/mol. The lowest BCUT2D eigenvalue weighted by molar-refractivity contribution is -0.117. The minimum Gasteiger partial charge on any atom is -0.495 e. The van der Waals surface area contributed by atoms with Crippen LogP contribution in [0.1, 0.15) is 18.9 Å². The molecule has 2 amide bonds. The van der Waals surface area contributed by atoms with Crippen molar-refractivity contribution in [2.75, 3.05) is 37.5 Å². The maximum atomic E-state index is 13.0. The van der Waals surface area contributed by atoms with Gasteiger partial charge in [-0.2, -0.15) is 4.31 Å². The van der Waals surface area contributed by atoms with Crippen LogP contribution >= 0.6 is 11.6 Å². The summed E-state index contributed by atoms with van der Waals surface area (Å²) < 4.78 is 32.2. The van der Waals surface area contributed by atoms with Crippen molar-refractivity contribution in [3.63, 3.8) is 0 Å². The Bertz CT molecular complexity index is 1120. The van der Waals surface area contributed by atoms with Gasteiger partial charge in [-0.05, 0) is 54.8 Å². The molecule has 0 aliphatic carbocycles. The quantitative estimate of drug-likeness (QED) is 0.707. The Kier molecular flexibility index (Phi) is 6.88. The van der Waals surface area contributed by atoms with Crippen molar-refractivity contribution in [2.45, 2.75) is 24.7 Å². The van der Waals surface area contributed by atoms with E-state index < -0.39 is 22.5 Å². The van der Waals surface area contributed by atoms with E-state index in [9.17, 15) is 18.0 Å². The first-order valence-electron chi connectivity index (χ1n) is 9.64. The number of likely N-dealkylation sites (N-methyl/N-ethyl adjacent to an activating group) is 1. The van der Waals surface area contributed by atoms with E-state index in [2.05, 4.69) is 5.32 Å². The molecule has 2 aromatic rings. The van der Waals surface area contributed by atoms with Crippen LogP contribution in [0, 0.1) is 0 Å². The molecule has 0 aromatic heterocycles. The topological polar surface area (TPSA) is 96.0 Å². The maximum absolute atomic E-state index is 13.0. The first kappa shape index (κ1) is 23.1. The summed E-state index contributed by atoms with van der Waals surface area (Å²) in [6.45, 7) is 1.71. The van der Waals surface area contributed by atoms with Crippen molar-refractivity contribution in [1.82, 2.24) is 4.31 Å². The second kappa shape index (κ2) is 9.25. The molecule has 8 nitrogen and oxygen atoms in total. The Morgan fingerprint density at radius 2 is 1.97 bits per heavy atom. The number of amides is 2. The number of benzene rings is 2. The molecule has 1 N–H and O–H groups in total. The number of sulfonamides is 1. The van der Waals surface area contributed by atoms with Crippen LogP contribution in [0.15, 0.2) is 41.3 Å². The molecule has 0 radical (unpaired) electrons. The normalized spacial score (nSPS) is 13.6. The number of fused-ring (bicyclic) bond motifs is 1. The van der Waals surface area contributed by atoms with E-state index in [1.165, 1.54) is 33.2 Å². The number of halogens is 1. The summed E-state index contributed by atoms with van der Waals surface area (Å²) in [5.41, 5.74) is 1.87. The van der Waals surface area contributed by atoms with Gasteiger partial charge in [-0.15, -0.1) is 0 Å². The van der Waals surface area contributed by atoms with Gasteiger partial charge in [-0.3, -0.25) is 9.59 Å². The third kappa shape index (κ3) is 5.00. The fraction of sp³-hybridized carbons (Fsp3) is 0.333. The van der Waals surface area contributed by atoms with Gasteiger partial charge >= 0.3 is 0 Å². The first-order chi connectivity index (χ1) is 14.6. The zero-order valence-electron chi connectivity index (χ0n) is 17.5. The Balaban J connectivity index is 1.77. The lowest BCUT2D eigenvalue weighted by Crippen LogP contribution is -2.36. The summed E-state index contributed by atoms with van der Waals surface area (Å²) in [5, 5.41) is 3.03. The van der Waals surface area contributed by atoms with E-state index in [1.807, 2.05) is 0 Å². The van der Waals surface area contributed by atoms with Crippen molar-refractivity contribution >= 4 is 44.8 Å². The summed E-state index contributed by atoms with van der Waals surface area (Å²) >= 11 is 5.97. The standard InChI is InChI=1S/C21H24ClN3O5S/c1-14(26)25-10-4-5-15-11-17(7-8-19(15)25)31(28,29)24(2)13-21(27)23-18-12-16(22)6-9-20(18)30-3/h6-9,11-12H,4-5,10,13H2,1-3H3,(H,23,27). The smallest absolute Gasteiger partial charge is 0.243 e. The van der Waals surface area contributed by atoms with Crippen molar-refractivity contribution < 1.29 is 22.7 Å². The molecule has 0 atom stereocenters. The Morgan fingerprint density at radius 3 is 2.65 bits per heavy atom. The highest BCUT2D eigenvalue weighted by Crippen LogP contribution is 2.31. The molecule has 10 heteroatoms. The molecule has 1 aliphatic heterocycles. The minimum absolute atomic E-state index is 0.0762. The molecule has 31 heavy (non-hydrogen) atoms. The van der Waals surface area contributed by atoms with Gasteiger partial charge in [0.05, 0.1) is 24.2 Å². The van der Waals surface area contributed by atoms with E-state index in [1.54, 1.807) is 29.2 Å². The average Bonchev–Trinajstić information content (AvgIpc) is 2.72. The van der Waals surface area contributed by atoms with Crippen LogP contribution < -0.4 is 15.0 Å². The Morgan fingerprint density at radius 1 is 1.23 bits per heavy atom. The van der Waals surface area contributed by atoms with Gasteiger partial charge in [0.2, 0.25) is 21.8 Å². The first-order valence-corrected chi connectivity index (χ1v) is 11.5. The molecular weight excluding hydrogens is 442 g/mol. The highest BCUT2D eigenvalue weighted by molar-refractivity contribution is 7.89. The molecule has 0 bridgehead atoms. The third-order valence-electron chi connectivity index (χ3n) is 5.06. The van der Waals surface area contributed by atoms with Crippen LogP contribution in [0.3, 0.4) is 0 Å². The second-order valence-electron chi connectivity index (χ2n) is 7.22. The number of rotatable bonds is 6. The van der Waals surface area contributed by atoms with Gasteiger partial charge in [-0.1, -0.05) is 11.6 Å². The van der Waals surface area contributed by atoms with E-state index in [0.717, 1.165) is 22.0 Å². The maximum Gasteiger partial charge on any atom is 0.243 e. The fourth-order valence-corrected chi connectivity index (χ4v) is 4.85. The molecule has 0 saturated carbocycles. The fourth-order valence-electron chi connectivity index (χ4n) is 3.50. The zero-order valence-corrected chi connectivity index (χ0v) is 19.1. The van der Waals surface area contributed by atoms with E-state index in [0.29, 0.717) is 29.4 Å². The number of hydrogen-bond donors (Lipinski definition) is 1. The second-order valence-corrected chi connectivity index (χ2v) is 9.70. The Hall–Kier alpha value is -2.62. The summed E-state index contributed by atoms with van der Waals surface area (Å²) in [5.74, 6) is -0.206. The predicted molar refractivity (Wildman–Crippen MR) is 119 cm³/mol. The highest BCUT2D eigenvalue weighted by Gasteiger charge is 2.27. The van der Waals surface area contributed by atoms with E-state index >= 15 is 0 Å². The molecule has 0 fully saturated rings. The summed E-state index contributed by atoms with van der Waals surface area (Å²) in [7, 11) is -1.11.